The highest BCUT2D eigenvalue weighted by molar-refractivity contribution is 5.73. The molecule has 0 spiro atoms. The van der Waals surface area contributed by atoms with Crippen molar-refractivity contribution < 1.29 is 24.5 Å². The van der Waals surface area contributed by atoms with Crippen molar-refractivity contribution in [3.8, 4) is 0 Å². The molecule has 0 aliphatic carbocycles. The van der Waals surface area contributed by atoms with Gasteiger partial charge in [0.2, 0.25) is 0 Å². The van der Waals surface area contributed by atoms with Gasteiger partial charge in [-0.2, -0.15) is 0 Å². The quantitative estimate of drug-likeness (QED) is 0.645. The van der Waals surface area contributed by atoms with Gasteiger partial charge in [0.05, 0.1) is 25.4 Å². The highest BCUT2D eigenvalue weighted by atomic mass is 16.5. The molecule has 3 atom stereocenters. The number of carboxylic acid groups (broad SMARTS) is 1. The summed E-state index contributed by atoms with van der Waals surface area (Å²) in [5, 5.41) is 18.1. The molecule has 1 aliphatic heterocycles. The maximum absolute atomic E-state index is 11.1. The van der Waals surface area contributed by atoms with Crippen molar-refractivity contribution in [1.29, 1.82) is 0 Å². The van der Waals surface area contributed by atoms with Crippen molar-refractivity contribution in [2.45, 2.75) is 25.2 Å². The SMILES string of the molecule is COCC(C(=O)O)N1CC(C)OC(CO)C1. The van der Waals surface area contributed by atoms with Gasteiger partial charge in [-0.25, -0.2) is 0 Å². The van der Waals surface area contributed by atoms with Gasteiger partial charge in [-0.05, 0) is 6.92 Å². The van der Waals surface area contributed by atoms with Crippen molar-refractivity contribution in [1.82, 2.24) is 4.90 Å². The molecule has 3 unspecified atom stereocenters. The number of methoxy groups -OCH3 is 1. The van der Waals surface area contributed by atoms with Gasteiger partial charge in [-0.15, -0.1) is 0 Å². The number of carbonyl (C=O) groups is 1. The summed E-state index contributed by atoms with van der Waals surface area (Å²) < 4.78 is 10.3. The summed E-state index contributed by atoms with van der Waals surface area (Å²) in [5.41, 5.74) is 0. The highest BCUT2D eigenvalue weighted by Gasteiger charge is 2.33. The van der Waals surface area contributed by atoms with Crippen molar-refractivity contribution in [2.24, 2.45) is 0 Å². The van der Waals surface area contributed by atoms with Gasteiger partial charge in [0.25, 0.3) is 0 Å². The second-order valence-electron chi connectivity index (χ2n) is 4.01. The summed E-state index contributed by atoms with van der Waals surface area (Å²) in [4.78, 5) is 12.8. The minimum Gasteiger partial charge on any atom is -0.480 e. The van der Waals surface area contributed by atoms with Crippen LogP contribution in [-0.4, -0.2) is 72.7 Å². The lowest BCUT2D eigenvalue weighted by atomic mass is 10.1. The molecule has 16 heavy (non-hydrogen) atoms. The number of hydrogen-bond donors (Lipinski definition) is 2. The van der Waals surface area contributed by atoms with E-state index in [9.17, 15) is 4.79 Å². The first-order valence-corrected chi connectivity index (χ1v) is 5.30. The van der Waals surface area contributed by atoms with Crippen molar-refractivity contribution in [3.05, 3.63) is 0 Å². The Morgan fingerprint density at radius 3 is 2.81 bits per heavy atom. The van der Waals surface area contributed by atoms with Crippen LogP contribution in [-0.2, 0) is 14.3 Å². The smallest absolute Gasteiger partial charge is 0.323 e. The summed E-state index contributed by atoms with van der Waals surface area (Å²) in [6.07, 6.45) is -0.396. The Morgan fingerprint density at radius 1 is 1.62 bits per heavy atom. The molecule has 1 rings (SSSR count). The van der Waals surface area contributed by atoms with Crippen molar-refractivity contribution >= 4 is 5.97 Å². The fourth-order valence-electron chi connectivity index (χ4n) is 1.93. The first kappa shape index (κ1) is 13.4. The molecule has 0 bridgehead atoms. The van der Waals surface area contributed by atoms with Gasteiger partial charge in [0.15, 0.2) is 0 Å². The molecule has 6 heteroatoms. The summed E-state index contributed by atoms with van der Waals surface area (Å²) in [6.45, 7) is 2.86. The normalized spacial score (nSPS) is 28.9. The number of rotatable bonds is 5. The number of hydrogen-bond acceptors (Lipinski definition) is 5. The number of aliphatic hydroxyl groups excluding tert-OH is 1. The van der Waals surface area contributed by atoms with E-state index in [2.05, 4.69) is 0 Å². The third kappa shape index (κ3) is 3.41. The number of aliphatic hydroxyl groups is 1. The van der Waals surface area contributed by atoms with Gasteiger partial charge in [0, 0.05) is 20.2 Å². The zero-order valence-corrected chi connectivity index (χ0v) is 9.63. The van der Waals surface area contributed by atoms with Gasteiger partial charge in [-0.1, -0.05) is 0 Å². The molecule has 1 fully saturated rings. The zero-order chi connectivity index (χ0) is 12.1. The van der Waals surface area contributed by atoms with Crippen LogP contribution >= 0.6 is 0 Å². The lowest BCUT2D eigenvalue weighted by Gasteiger charge is -2.38. The minimum atomic E-state index is -0.910. The lowest BCUT2D eigenvalue weighted by Crippen LogP contribution is -2.55. The molecule has 6 nitrogen and oxygen atoms in total. The van der Waals surface area contributed by atoms with Crippen LogP contribution in [0.1, 0.15) is 6.92 Å². The molecule has 0 saturated carbocycles. The van der Waals surface area contributed by atoms with Crippen molar-refractivity contribution in [3.63, 3.8) is 0 Å². The summed E-state index contributed by atoms with van der Waals surface area (Å²) in [7, 11) is 1.48. The molecular weight excluding hydrogens is 214 g/mol. The second-order valence-corrected chi connectivity index (χ2v) is 4.01. The standard InChI is InChI=1S/C10H19NO5/c1-7-3-11(4-8(5-12)16-7)9(6-15-2)10(13)14/h7-9,12H,3-6H2,1-2H3,(H,13,14). The fraction of sp³-hybridized carbons (Fsp3) is 0.900. The van der Waals surface area contributed by atoms with E-state index in [1.807, 2.05) is 6.92 Å². The van der Waals surface area contributed by atoms with Gasteiger partial charge < -0.3 is 19.7 Å². The first-order valence-electron chi connectivity index (χ1n) is 5.30. The molecule has 1 heterocycles. The van der Waals surface area contributed by atoms with Crippen LogP contribution in [0.25, 0.3) is 0 Å². The maximum atomic E-state index is 11.1. The van der Waals surface area contributed by atoms with E-state index in [-0.39, 0.29) is 25.4 Å². The lowest BCUT2D eigenvalue weighted by molar-refractivity contribution is -0.154. The number of morpholine rings is 1. The fourth-order valence-corrected chi connectivity index (χ4v) is 1.93. The predicted molar refractivity (Wildman–Crippen MR) is 56.3 cm³/mol. The van der Waals surface area contributed by atoms with E-state index < -0.39 is 12.0 Å². The Hall–Kier alpha value is -0.690. The van der Waals surface area contributed by atoms with Crippen LogP contribution in [0.5, 0.6) is 0 Å². The Labute approximate surface area is 94.8 Å². The molecule has 94 valence electrons. The van der Waals surface area contributed by atoms with E-state index in [4.69, 9.17) is 19.7 Å². The molecule has 0 radical (unpaired) electrons. The van der Waals surface area contributed by atoms with E-state index >= 15 is 0 Å². The topological polar surface area (TPSA) is 79.2 Å². The van der Waals surface area contributed by atoms with Crippen molar-refractivity contribution in [2.75, 3.05) is 33.4 Å². The van der Waals surface area contributed by atoms with E-state index in [0.717, 1.165) is 0 Å². The van der Waals surface area contributed by atoms with Crippen LogP contribution in [0.15, 0.2) is 0 Å². The van der Waals surface area contributed by atoms with Crippen LogP contribution in [0.3, 0.4) is 0 Å². The molecule has 2 N–H and O–H groups in total. The summed E-state index contributed by atoms with van der Waals surface area (Å²) >= 11 is 0. The Morgan fingerprint density at radius 2 is 2.31 bits per heavy atom. The highest BCUT2D eigenvalue weighted by Crippen LogP contribution is 2.14. The van der Waals surface area contributed by atoms with Crippen LogP contribution < -0.4 is 0 Å². The zero-order valence-electron chi connectivity index (χ0n) is 9.63. The van der Waals surface area contributed by atoms with Crippen LogP contribution in [0.2, 0.25) is 0 Å². The number of aliphatic carboxylic acids is 1. The van der Waals surface area contributed by atoms with Gasteiger partial charge in [0.1, 0.15) is 6.04 Å². The van der Waals surface area contributed by atoms with Gasteiger partial charge in [-0.3, -0.25) is 9.69 Å². The third-order valence-corrected chi connectivity index (χ3v) is 2.61. The van der Waals surface area contributed by atoms with E-state index in [1.54, 1.807) is 4.90 Å². The second kappa shape index (κ2) is 6.15. The Bertz CT molecular complexity index is 235. The predicted octanol–water partition coefficient (Wildman–Crippen LogP) is -0.832. The monoisotopic (exact) mass is 233 g/mol. The molecule has 1 saturated heterocycles. The molecular formula is C10H19NO5. The Kier molecular flexibility index (Phi) is 5.14. The van der Waals surface area contributed by atoms with E-state index in [1.165, 1.54) is 7.11 Å². The van der Waals surface area contributed by atoms with E-state index in [0.29, 0.717) is 13.1 Å². The Balaban J connectivity index is 2.64. The average Bonchev–Trinajstić information content (AvgIpc) is 2.24. The minimum absolute atomic E-state index is 0.0791. The van der Waals surface area contributed by atoms with Crippen LogP contribution in [0.4, 0.5) is 0 Å². The molecule has 1 aliphatic rings. The molecule has 0 aromatic carbocycles. The van der Waals surface area contributed by atoms with Crippen LogP contribution in [0, 0.1) is 0 Å². The number of nitrogens with zero attached hydrogens (tertiary/aromatic N) is 1. The first-order chi connectivity index (χ1) is 7.58. The molecule has 0 aromatic rings. The van der Waals surface area contributed by atoms with Gasteiger partial charge >= 0.3 is 5.97 Å². The number of ether oxygens (including phenoxy) is 2. The number of carboxylic acids is 1. The average molecular weight is 233 g/mol. The summed E-state index contributed by atoms with van der Waals surface area (Å²) in [5.74, 6) is -0.910. The maximum Gasteiger partial charge on any atom is 0.323 e. The molecule has 0 aromatic heterocycles. The molecule has 0 amide bonds. The largest absolute Gasteiger partial charge is 0.480 e. The summed E-state index contributed by atoms with van der Waals surface area (Å²) in [6, 6.07) is -0.676. The third-order valence-electron chi connectivity index (χ3n) is 2.61.